The van der Waals surface area contributed by atoms with E-state index < -0.39 is 4.92 Å². The van der Waals surface area contributed by atoms with Crippen molar-refractivity contribution < 1.29 is 9.66 Å². The minimum absolute atomic E-state index is 0.0205. The Hall–Kier alpha value is -2.63. The summed E-state index contributed by atoms with van der Waals surface area (Å²) in [6.07, 6.45) is 0.822. The second-order valence-electron chi connectivity index (χ2n) is 4.46. The predicted molar refractivity (Wildman–Crippen MR) is 75.1 cm³/mol. The number of anilines is 1. The van der Waals surface area contributed by atoms with Crippen molar-refractivity contribution in [1.29, 1.82) is 0 Å². The minimum atomic E-state index is -0.421. The summed E-state index contributed by atoms with van der Waals surface area (Å²) in [6.45, 7) is 0.603. The van der Waals surface area contributed by atoms with Crippen LogP contribution in [0, 0.1) is 10.1 Å². The van der Waals surface area contributed by atoms with E-state index in [1.807, 2.05) is 12.1 Å². The molecule has 2 heterocycles. The maximum atomic E-state index is 11.2. The zero-order valence-corrected chi connectivity index (χ0v) is 10.9. The van der Waals surface area contributed by atoms with Gasteiger partial charge in [0.05, 0.1) is 11.5 Å². The van der Waals surface area contributed by atoms with Crippen LogP contribution in [-0.4, -0.2) is 23.6 Å². The Bertz CT molecular complexity index is 685. The van der Waals surface area contributed by atoms with Crippen molar-refractivity contribution in [2.75, 3.05) is 19.0 Å². The smallest absolute Gasteiger partial charge is 0.295 e. The fourth-order valence-electron chi connectivity index (χ4n) is 2.34. The molecular formula is C14H13N3O3. The predicted octanol–water partition coefficient (Wildman–Crippen LogP) is 2.63. The Labute approximate surface area is 115 Å². The fourth-order valence-corrected chi connectivity index (χ4v) is 2.34. The summed E-state index contributed by atoms with van der Waals surface area (Å²) in [5, 5.41) is 14.1. The van der Waals surface area contributed by atoms with E-state index in [4.69, 9.17) is 4.74 Å². The van der Waals surface area contributed by atoms with Gasteiger partial charge in [-0.3, -0.25) is 10.1 Å². The average molecular weight is 271 g/mol. The number of nitro groups is 1. The van der Waals surface area contributed by atoms with Crippen molar-refractivity contribution in [3.8, 4) is 17.0 Å². The Kier molecular flexibility index (Phi) is 2.98. The standard InChI is InChI=1S/C14H13N3O3/c1-15-12-6-5-11(17(18)19)13(16-12)10-4-2-3-9-7-8-20-14(9)10/h2-6H,7-8H2,1H3,(H,15,16). The molecule has 6 heteroatoms. The first-order valence-electron chi connectivity index (χ1n) is 6.29. The lowest BCUT2D eigenvalue weighted by molar-refractivity contribution is -0.384. The van der Waals surface area contributed by atoms with E-state index in [1.165, 1.54) is 6.07 Å². The monoisotopic (exact) mass is 271 g/mol. The number of nitrogens with zero attached hydrogens (tertiary/aromatic N) is 2. The van der Waals surface area contributed by atoms with Crippen LogP contribution in [0.4, 0.5) is 11.5 Å². The second-order valence-corrected chi connectivity index (χ2v) is 4.46. The van der Waals surface area contributed by atoms with Gasteiger partial charge in [-0.25, -0.2) is 4.98 Å². The van der Waals surface area contributed by atoms with E-state index in [1.54, 1.807) is 19.2 Å². The van der Waals surface area contributed by atoms with Crippen LogP contribution in [0.15, 0.2) is 30.3 Å². The second kappa shape index (κ2) is 4.80. The highest BCUT2D eigenvalue weighted by molar-refractivity contribution is 5.77. The van der Waals surface area contributed by atoms with Crippen molar-refractivity contribution >= 4 is 11.5 Å². The maximum absolute atomic E-state index is 11.2. The van der Waals surface area contributed by atoms with Gasteiger partial charge in [-0.15, -0.1) is 0 Å². The van der Waals surface area contributed by atoms with E-state index in [9.17, 15) is 10.1 Å². The third-order valence-electron chi connectivity index (χ3n) is 3.30. The van der Waals surface area contributed by atoms with Gasteiger partial charge >= 0.3 is 0 Å². The lowest BCUT2D eigenvalue weighted by atomic mass is 10.0. The summed E-state index contributed by atoms with van der Waals surface area (Å²) < 4.78 is 5.61. The molecule has 0 atom stereocenters. The fraction of sp³-hybridized carbons (Fsp3) is 0.214. The van der Waals surface area contributed by atoms with Gasteiger partial charge in [0.25, 0.3) is 5.69 Å². The Morgan fingerprint density at radius 2 is 2.20 bits per heavy atom. The molecule has 1 aliphatic heterocycles. The number of ether oxygens (including phenoxy) is 1. The largest absolute Gasteiger partial charge is 0.492 e. The van der Waals surface area contributed by atoms with Gasteiger partial charge in [-0.1, -0.05) is 12.1 Å². The number of aromatic nitrogens is 1. The number of pyridine rings is 1. The first kappa shape index (κ1) is 12.4. The van der Waals surface area contributed by atoms with Gasteiger partial charge < -0.3 is 10.1 Å². The number of nitrogens with one attached hydrogen (secondary N) is 1. The molecule has 2 aromatic rings. The van der Waals surface area contributed by atoms with Crippen molar-refractivity contribution in [3.05, 3.63) is 46.0 Å². The van der Waals surface area contributed by atoms with Crippen LogP contribution in [0.3, 0.4) is 0 Å². The molecular weight excluding hydrogens is 258 g/mol. The molecule has 1 N–H and O–H groups in total. The molecule has 20 heavy (non-hydrogen) atoms. The van der Waals surface area contributed by atoms with E-state index in [-0.39, 0.29) is 5.69 Å². The summed E-state index contributed by atoms with van der Waals surface area (Å²) >= 11 is 0. The molecule has 1 aromatic heterocycles. The Balaban J connectivity index is 2.23. The van der Waals surface area contributed by atoms with Gasteiger partial charge in [0, 0.05) is 25.1 Å². The Morgan fingerprint density at radius 3 is 2.95 bits per heavy atom. The molecule has 0 aliphatic carbocycles. The molecule has 0 fully saturated rings. The van der Waals surface area contributed by atoms with Gasteiger partial charge in [-0.2, -0.15) is 0 Å². The van der Waals surface area contributed by atoms with E-state index in [0.717, 1.165) is 12.0 Å². The number of rotatable bonds is 3. The third-order valence-corrected chi connectivity index (χ3v) is 3.30. The van der Waals surface area contributed by atoms with E-state index in [2.05, 4.69) is 10.3 Å². The molecule has 0 unspecified atom stereocenters. The van der Waals surface area contributed by atoms with Crippen molar-refractivity contribution in [1.82, 2.24) is 4.98 Å². The highest BCUT2D eigenvalue weighted by atomic mass is 16.6. The van der Waals surface area contributed by atoms with Gasteiger partial charge in [0.2, 0.25) is 0 Å². The first-order chi connectivity index (χ1) is 9.70. The van der Waals surface area contributed by atoms with E-state index >= 15 is 0 Å². The first-order valence-corrected chi connectivity index (χ1v) is 6.29. The minimum Gasteiger partial charge on any atom is -0.492 e. The zero-order chi connectivity index (χ0) is 14.1. The van der Waals surface area contributed by atoms with Crippen LogP contribution < -0.4 is 10.1 Å². The Morgan fingerprint density at radius 1 is 1.35 bits per heavy atom. The molecule has 0 spiro atoms. The highest BCUT2D eigenvalue weighted by Crippen LogP contribution is 2.39. The quantitative estimate of drug-likeness (QED) is 0.686. The van der Waals surface area contributed by atoms with Crippen LogP contribution in [0.5, 0.6) is 5.75 Å². The molecule has 0 bridgehead atoms. The molecule has 0 amide bonds. The van der Waals surface area contributed by atoms with E-state index in [0.29, 0.717) is 29.4 Å². The SMILES string of the molecule is CNc1ccc([N+](=O)[O-])c(-c2cccc3c2OCC3)n1. The number of hydrogen-bond acceptors (Lipinski definition) is 5. The highest BCUT2D eigenvalue weighted by Gasteiger charge is 2.24. The molecule has 3 rings (SSSR count). The lowest BCUT2D eigenvalue weighted by Gasteiger charge is -2.09. The van der Waals surface area contributed by atoms with Crippen molar-refractivity contribution in [3.63, 3.8) is 0 Å². The van der Waals surface area contributed by atoms with Crippen LogP contribution in [0.2, 0.25) is 0 Å². The molecule has 0 saturated carbocycles. The maximum Gasteiger partial charge on any atom is 0.295 e. The third kappa shape index (κ3) is 1.95. The van der Waals surface area contributed by atoms with Crippen molar-refractivity contribution in [2.45, 2.75) is 6.42 Å². The number of fused-ring (bicyclic) bond motifs is 1. The van der Waals surface area contributed by atoms with Crippen LogP contribution in [0.1, 0.15) is 5.56 Å². The molecule has 102 valence electrons. The van der Waals surface area contributed by atoms with Crippen LogP contribution >= 0.6 is 0 Å². The molecule has 0 radical (unpaired) electrons. The number of hydrogen-bond donors (Lipinski definition) is 1. The summed E-state index contributed by atoms with van der Waals surface area (Å²) in [5.41, 5.74) is 2.05. The molecule has 0 saturated heterocycles. The summed E-state index contributed by atoms with van der Waals surface area (Å²) in [4.78, 5) is 15.1. The van der Waals surface area contributed by atoms with Crippen molar-refractivity contribution in [2.24, 2.45) is 0 Å². The normalized spacial score (nSPS) is 12.7. The zero-order valence-electron chi connectivity index (χ0n) is 10.9. The molecule has 6 nitrogen and oxygen atoms in total. The number of benzene rings is 1. The summed E-state index contributed by atoms with van der Waals surface area (Å²) in [7, 11) is 1.73. The van der Waals surface area contributed by atoms with Crippen LogP contribution in [-0.2, 0) is 6.42 Å². The summed E-state index contributed by atoms with van der Waals surface area (Å²) in [5.74, 6) is 1.29. The van der Waals surface area contributed by atoms with Gasteiger partial charge in [-0.05, 0) is 17.7 Å². The molecule has 1 aliphatic rings. The summed E-state index contributed by atoms with van der Waals surface area (Å²) in [6, 6.07) is 8.70. The molecule has 1 aromatic carbocycles. The van der Waals surface area contributed by atoms with Gasteiger partial charge in [0.1, 0.15) is 11.6 Å². The average Bonchev–Trinajstić information content (AvgIpc) is 2.94. The van der Waals surface area contributed by atoms with Crippen LogP contribution in [0.25, 0.3) is 11.3 Å². The number of para-hydroxylation sites is 1. The topological polar surface area (TPSA) is 77.3 Å². The van der Waals surface area contributed by atoms with Gasteiger partial charge in [0.15, 0.2) is 5.69 Å². The lowest BCUT2D eigenvalue weighted by Crippen LogP contribution is -2.00.